The first-order chi connectivity index (χ1) is 8.75. The summed E-state index contributed by atoms with van der Waals surface area (Å²) in [5.41, 5.74) is 2.33. The van der Waals surface area contributed by atoms with Gasteiger partial charge in [-0.3, -0.25) is 4.98 Å². The van der Waals surface area contributed by atoms with Crippen molar-refractivity contribution in [3.63, 3.8) is 0 Å². The van der Waals surface area contributed by atoms with Crippen molar-refractivity contribution in [1.29, 1.82) is 0 Å². The number of fused-ring (bicyclic) bond motifs is 1. The van der Waals surface area contributed by atoms with Crippen LogP contribution in [0.1, 0.15) is 10.5 Å². The highest BCUT2D eigenvalue weighted by Crippen LogP contribution is 2.26. The number of nitrogens with zero attached hydrogens (tertiary/aromatic N) is 2. The summed E-state index contributed by atoms with van der Waals surface area (Å²) in [7, 11) is 0. The average Bonchev–Trinajstić information content (AvgIpc) is 2.83. The van der Waals surface area contributed by atoms with E-state index in [9.17, 15) is 4.79 Å². The number of aromatic amines is 1. The van der Waals surface area contributed by atoms with E-state index in [0.717, 1.165) is 16.6 Å². The Bertz CT molecular complexity index is 719. The molecule has 3 aromatic heterocycles. The molecule has 0 bridgehead atoms. The van der Waals surface area contributed by atoms with Crippen LogP contribution in [0.4, 0.5) is 0 Å². The van der Waals surface area contributed by atoms with Gasteiger partial charge in [-0.1, -0.05) is 6.07 Å². The van der Waals surface area contributed by atoms with E-state index in [4.69, 9.17) is 5.11 Å². The lowest BCUT2D eigenvalue weighted by Gasteiger charge is -2.00. The molecule has 3 rings (SSSR count). The molecule has 0 amide bonds. The number of hydrogen-bond donors (Lipinski definition) is 2. The predicted molar refractivity (Wildman–Crippen MR) is 66.3 cm³/mol. The molecule has 18 heavy (non-hydrogen) atoms. The summed E-state index contributed by atoms with van der Waals surface area (Å²) < 4.78 is 0. The van der Waals surface area contributed by atoms with Crippen LogP contribution in [0, 0.1) is 0 Å². The third kappa shape index (κ3) is 1.62. The van der Waals surface area contributed by atoms with E-state index in [1.807, 2.05) is 24.3 Å². The number of carbonyl (C=O) groups is 1. The highest BCUT2D eigenvalue weighted by atomic mass is 16.4. The van der Waals surface area contributed by atoms with Crippen molar-refractivity contribution in [1.82, 2.24) is 15.0 Å². The first-order valence-electron chi connectivity index (χ1n) is 5.38. The number of pyridine rings is 2. The molecule has 88 valence electrons. The lowest BCUT2D eigenvalue weighted by Crippen LogP contribution is -1.94. The maximum Gasteiger partial charge on any atom is 0.352 e. The molecule has 0 spiro atoms. The normalized spacial score (nSPS) is 10.7. The first kappa shape index (κ1) is 10.5. The number of carboxylic acid groups (broad SMARTS) is 1. The molecule has 0 radical (unpaired) electrons. The SMILES string of the molecule is O=C(O)c1cc2c(-c3ccccn3)ccnc2[nH]1. The van der Waals surface area contributed by atoms with Gasteiger partial charge in [0.05, 0.1) is 5.69 Å². The number of aromatic nitrogens is 3. The van der Waals surface area contributed by atoms with E-state index in [0.29, 0.717) is 5.65 Å². The number of carboxylic acids is 1. The quantitative estimate of drug-likeness (QED) is 0.719. The van der Waals surface area contributed by atoms with Gasteiger partial charge >= 0.3 is 5.97 Å². The Morgan fingerprint density at radius 1 is 1.17 bits per heavy atom. The van der Waals surface area contributed by atoms with Crippen LogP contribution >= 0.6 is 0 Å². The van der Waals surface area contributed by atoms with Crippen LogP contribution < -0.4 is 0 Å². The molecule has 0 unspecified atom stereocenters. The van der Waals surface area contributed by atoms with Gasteiger partial charge in [0.2, 0.25) is 0 Å². The van der Waals surface area contributed by atoms with Crippen LogP contribution in [-0.2, 0) is 0 Å². The summed E-state index contributed by atoms with van der Waals surface area (Å²) in [6, 6.07) is 9.00. The van der Waals surface area contributed by atoms with Crippen molar-refractivity contribution in [3.8, 4) is 11.3 Å². The zero-order valence-corrected chi connectivity index (χ0v) is 9.29. The molecule has 2 N–H and O–H groups in total. The Morgan fingerprint density at radius 2 is 2.06 bits per heavy atom. The Hall–Kier alpha value is -2.69. The van der Waals surface area contributed by atoms with E-state index >= 15 is 0 Å². The fourth-order valence-corrected chi connectivity index (χ4v) is 1.89. The van der Waals surface area contributed by atoms with Gasteiger partial charge in [-0.2, -0.15) is 0 Å². The Balaban J connectivity index is 2.27. The van der Waals surface area contributed by atoms with Crippen LogP contribution in [0.15, 0.2) is 42.7 Å². The maximum absolute atomic E-state index is 10.9. The molecule has 0 aliphatic carbocycles. The van der Waals surface area contributed by atoms with E-state index in [1.165, 1.54) is 0 Å². The maximum atomic E-state index is 10.9. The van der Waals surface area contributed by atoms with Crippen molar-refractivity contribution in [3.05, 3.63) is 48.4 Å². The summed E-state index contributed by atoms with van der Waals surface area (Å²) in [5, 5.41) is 9.73. The van der Waals surface area contributed by atoms with Crippen LogP contribution in [0.3, 0.4) is 0 Å². The monoisotopic (exact) mass is 239 g/mol. The predicted octanol–water partition coefficient (Wildman–Crippen LogP) is 2.32. The van der Waals surface area contributed by atoms with Gasteiger partial charge in [-0.15, -0.1) is 0 Å². The van der Waals surface area contributed by atoms with Gasteiger partial charge in [0.25, 0.3) is 0 Å². The molecule has 0 aliphatic heterocycles. The van der Waals surface area contributed by atoms with Gasteiger partial charge in [0.1, 0.15) is 11.3 Å². The number of H-pyrrole nitrogens is 1. The minimum absolute atomic E-state index is 0.126. The molecule has 3 heterocycles. The lowest BCUT2D eigenvalue weighted by molar-refractivity contribution is 0.0691. The molecule has 3 aromatic rings. The zero-order valence-electron chi connectivity index (χ0n) is 9.29. The molecule has 0 atom stereocenters. The first-order valence-corrected chi connectivity index (χ1v) is 5.38. The minimum atomic E-state index is -1.00. The van der Waals surface area contributed by atoms with E-state index < -0.39 is 5.97 Å². The minimum Gasteiger partial charge on any atom is -0.477 e. The van der Waals surface area contributed by atoms with Crippen LogP contribution in [0.2, 0.25) is 0 Å². The smallest absolute Gasteiger partial charge is 0.352 e. The Labute approximate surface area is 102 Å². The number of nitrogens with one attached hydrogen (secondary N) is 1. The van der Waals surface area contributed by atoms with Crippen LogP contribution in [0.25, 0.3) is 22.3 Å². The summed E-state index contributed by atoms with van der Waals surface area (Å²) in [6.07, 6.45) is 3.33. The largest absolute Gasteiger partial charge is 0.477 e. The molecule has 0 saturated heterocycles. The summed E-state index contributed by atoms with van der Waals surface area (Å²) in [4.78, 5) is 22.1. The van der Waals surface area contributed by atoms with Gasteiger partial charge in [-0.05, 0) is 24.3 Å². The van der Waals surface area contributed by atoms with Gasteiger partial charge in [-0.25, -0.2) is 9.78 Å². The van der Waals surface area contributed by atoms with Crippen LogP contribution in [-0.4, -0.2) is 26.0 Å². The number of aromatic carboxylic acids is 1. The number of rotatable bonds is 2. The molecular weight excluding hydrogens is 230 g/mol. The standard InChI is InChI=1S/C13H9N3O2/c17-13(18)11-7-9-8(4-6-15-12(9)16-11)10-3-1-2-5-14-10/h1-7H,(H,15,16)(H,17,18). The van der Waals surface area contributed by atoms with E-state index in [2.05, 4.69) is 15.0 Å². The zero-order chi connectivity index (χ0) is 12.5. The summed E-state index contributed by atoms with van der Waals surface area (Å²) in [6.45, 7) is 0. The third-order valence-corrected chi connectivity index (χ3v) is 2.70. The highest BCUT2D eigenvalue weighted by Gasteiger charge is 2.12. The fraction of sp³-hybridized carbons (Fsp3) is 0. The van der Waals surface area contributed by atoms with Crippen molar-refractivity contribution >= 4 is 17.0 Å². The second-order valence-electron chi connectivity index (χ2n) is 3.82. The third-order valence-electron chi connectivity index (χ3n) is 2.70. The van der Waals surface area contributed by atoms with E-state index in [1.54, 1.807) is 18.5 Å². The molecule has 0 aliphatic rings. The van der Waals surface area contributed by atoms with Crippen molar-refractivity contribution in [2.75, 3.05) is 0 Å². The van der Waals surface area contributed by atoms with Crippen LogP contribution in [0.5, 0.6) is 0 Å². The van der Waals surface area contributed by atoms with Gasteiger partial charge < -0.3 is 10.1 Å². The van der Waals surface area contributed by atoms with E-state index in [-0.39, 0.29) is 5.69 Å². The van der Waals surface area contributed by atoms with Crippen molar-refractivity contribution in [2.45, 2.75) is 0 Å². The summed E-state index contributed by atoms with van der Waals surface area (Å²) >= 11 is 0. The molecule has 5 heteroatoms. The molecular formula is C13H9N3O2. The topological polar surface area (TPSA) is 78.9 Å². The van der Waals surface area contributed by atoms with Gasteiger partial charge in [0.15, 0.2) is 0 Å². The second-order valence-corrected chi connectivity index (χ2v) is 3.82. The lowest BCUT2D eigenvalue weighted by atomic mass is 10.1. The molecule has 0 aromatic carbocycles. The average molecular weight is 239 g/mol. The molecule has 0 saturated carbocycles. The van der Waals surface area contributed by atoms with Crippen molar-refractivity contribution < 1.29 is 9.90 Å². The Kier molecular flexibility index (Phi) is 2.30. The summed E-state index contributed by atoms with van der Waals surface area (Å²) in [5.74, 6) is -1.00. The highest BCUT2D eigenvalue weighted by molar-refractivity contribution is 5.98. The molecule has 5 nitrogen and oxygen atoms in total. The van der Waals surface area contributed by atoms with Gasteiger partial charge in [0, 0.05) is 23.3 Å². The number of hydrogen-bond acceptors (Lipinski definition) is 3. The van der Waals surface area contributed by atoms with Crippen molar-refractivity contribution in [2.24, 2.45) is 0 Å². The molecule has 0 fully saturated rings. The Morgan fingerprint density at radius 3 is 2.78 bits per heavy atom. The fourth-order valence-electron chi connectivity index (χ4n) is 1.89. The second kappa shape index (κ2) is 3.96.